The Morgan fingerprint density at radius 3 is 2.63 bits per heavy atom. The Bertz CT molecular complexity index is 1090. The van der Waals surface area contributed by atoms with Gasteiger partial charge in [0.15, 0.2) is 0 Å². The van der Waals surface area contributed by atoms with Crippen LogP contribution in [-0.2, 0) is 0 Å². The van der Waals surface area contributed by atoms with Crippen LogP contribution in [0.3, 0.4) is 0 Å². The van der Waals surface area contributed by atoms with Crippen molar-refractivity contribution in [2.75, 3.05) is 0 Å². The van der Waals surface area contributed by atoms with Gasteiger partial charge in [-0.2, -0.15) is 0 Å². The average molecular weight is 358 g/mol. The third kappa shape index (κ3) is 3.36. The van der Waals surface area contributed by atoms with Crippen molar-refractivity contribution in [2.45, 2.75) is 26.8 Å². The van der Waals surface area contributed by atoms with Gasteiger partial charge in [0.25, 0.3) is 5.91 Å². The van der Waals surface area contributed by atoms with E-state index >= 15 is 0 Å². The monoisotopic (exact) mass is 358 g/mol. The van der Waals surface area contributed by atoms with Gasteiger partial charge in [0.2, 0.25) is 0 Å². The molecule has 0 aliphatic carbocycles. The molecule has 2 N–H and O–H groups in total. The number of imidazole rings is 1. The molecule has 4 rings (SSSR count). The van der Waals surface area contributed by atoms with Crippen LogP contribution in [-0.4, -0.2) is 20.4 Å². The molecule has 2 aromatic heterocycles. The summed E-state index contributed by atoms with van der Waals surface area (Å²) < 4.78 is 1.95. The molecule has 2 aromatic carbocycles. The molecule has 1 amide bonds. The lowest BCUT2D eigenvalue weighted by Gasteiger charge is -2.14. The molecule has 136 valence electrons. The molecule has 27 heavy (non-hydrogen) atoms. The second-order valence-corrected chi connectivity index (χ2v) is 6.98. The number of hydrogen-bond acceptors (Lipinski definition) is 2. The lowest BCUT2D eigenvalue weighted by Crippen LogP contribution is -2.26. The van der Waals surface area contributed by atoms with E-state index in [0.717, 1.165) is 22.2 Å². The van der Waals surface area contributed by atoms with Crippen LogP contribution in [0.1, 0.15) is 40.1 Å². The van der Waals surface area contributed by atoms with Gasteiger partial charge in [-0.15, -0.1) is 0 Å². The fourth-order valence-corrected chi connectivity index (χ4v) is 3.43. The number of carbonyl (C=O) groups is 1. The maximum atomic E-state index is 12.7. The molecule has 2 heterocycles. The molecule has 0 aliphatic heterocycles. The first-order valence-corrected chi connectivity index (χ1v) is 9.00. The quantitative estimate of drug-likeness (QED) is 0.566. The number of carbonyl (C=O) groups excluding carboxylic acids is 1. The average Bonchev–Trinajstić information content (AvgIpc) is 3.31. The Morgan fingerprint density at radius 2 is 1.93 bits per heavy atom. The summed E-state index contributed by atoms with van der Waals surface area (Å²) in [5, 5.41) is 4.16. The molecule has 1 unspecified atom stereocenters. The number of aromatic nitrogens is 3. The molecule has 1 atom stereocenters. The topological polar surface area (TPSA) is 62.7 Å². The van der Waals surface area contributed by atoms with E-state index in [1.807, 2.05) is 48.0 Å². The summed E-state index contributed by atoms with van der Waals surface area (Å²) >= 11 is 0. The Hall–Kier alpha value is -3.34. The molecule has 0 bridgehead atoms. The number of rotatable bonds is 4. The van der Waals surface area contributed by atoms with Crippen LogP contribution >= 0.6 is 0 Å². The Balaban J connectivity index is 1.51. The fourth-order valence-electron chi connectivity index (χ4n) is 3.43. The zero-order valence-electron chi connectivity index (χ0n) is 15.7. The Morgan fingerprint density at radius 1 is 1.15 bits per heavy atom. The normalized spacial score (nSPS) is 12.3. The number of H-pyrrole nitrogens is 1. The minimum Gasteiger partial charge on any atom is -0.351 e. The Kier molecular flexibility index (Phi) is 4.28. The van der Waals surface area contributed by atoms with Crippen molar-refractivity contribution in [2.24, 2.45) is 0 Å². The molecule has 0 spiro atoms. The van der Waals surface area contributed by atoms with Crippen molar-refractivity contribution in [1.82, 2.24) is 19.9 Å². The molecule has 0 saturated carbocycles. The van der Waals surface area contributed by atoms with Gasteiger partial charge < -0.3 is 14.9 Å². The number of benzene rings is 2. The molecule has 5 heteroatoms. The van der Waals surface area contributed by atoms with Crippen LogP contribution in [0, 0.1) is 13.8 Å². The first-order valence-electron chi connectivity index (χ1n) is 9.00. The molecule has 4 aromatic rings. The zero-order valence-corrected chi connectivity index (χ0v) is 15.7. The van der Waals surface area contributed by atoms with Crippen LogP contribution in [0.5, 0.6) is 0 Å². The highest BCUT2D eigenvalue weighted by Crippen LogP contribution is 2.22. The van der Waals surface area contributed by atoms with Gasteiger partial charge in [-0.05, 0) is 61.7 Å². The van der Waals surface area contributed by atoms with Crippen molar-refractivity contribution in [1.29, 1.82) is 0 Å². The van der Waals surface area contributed by atoms with E-state index in [4.69, 9.17) is 0 Å². The maximum absolute atomic E-state index is 12.7. The summed E-state index contributed by atoms with van der Waals surface area (Å²) in [5.41, 5.74) is 6.02. The van der Waals surface area contributed by atoms with E-state index in [9.17, 15) is 4.79 Å². The van der Waals surface area contributed by atoms with Gasteiger partial charge in [-0.3, -0.25) is 4.79 Å². The number of aromatic amines is 1. The maximum Gasteiger partial charge on any atom is 0.268 e. The number of aryl methyl sites for hydroxylation is 2. The first-order chi connectivity index (χ1) is 13.0. The van der Waals surface area contributed by atoms with Crippen LogP contribution in [0.25, 0.3) is 16.6 Å². The summed E-state index contributed by atoms with van der Waals surface area (Å²) in [6, 6.07) is 14.1. The van der Waals surface area contributed by atoms with Gasteiger partial charge >= 0.3 is 0 Å². The lowest BCUT2D eigenvalue weighted by atomic mass is 10.1. The second kappa shape index (κ2) is 6.76. The molecular weight excluding hydrogens is 336 g/mol. The summed E-state index contributed by atoms with van der Waals surface area (Å²) in [4.78, 5) is 20.0. The molecule has 5 nitrogen and oxygen atoms in total. The highest BCUT2D eigenvalue weighted by Gasteiger charge is 2.14. The largest absolute Gasteiger partial charge is 0.351 e. The summed E-state index contributed by atoms with van der Waals surface area (Å²) in [6.07, 6.45) is 5.42. The van der Waals surface area contributed by atoms with Crippen molar-refractivity contribution < 1.29 is 4.79 Å². The zero-order chi connectivity index (χ0) is 19.0. The summed E-state index contributed by atoms with van der Waals surface area (Å²) in [5.74, 6) is -0.102. The lowest BCUT2D eigenvalue weighted by molar-refractivity contribution is 0.0935. The number of nitrogens with zero attached hydrogens (tertiary/aromatic N) is 2. The number of fused-ring (bicyclic) bond motifs is 1. The SMILES string of the molecule is Cc1cc(C)c2cc(C(=O)NC(C)c3ccc(-n4ccnc4)cc3)[nH]c2c1. The molecule has 0 radical (unpaired) electrons. The van der Waals surface area contributed by atoms with Gasteiger partial charge in [-0.1, -0.05) is 18.2 Å². The smallest absolute Gasteiger partial charge is 0.268 e. The summed E-state index contributed by atoms with van der Waals surface area (Å²) in [6.45, 7) is 6.11. The first kappa shape index (κ1) is 17.1. The van der Waals surface area contributed by atoms with E-state index in [1.165, 1.54) is 11.1 Å². The van der Waals surface area contributed by atoms with Crippen molar-refractivity contribution in [3.05, 3.63) is 83.6 Å². The van der Waals surface area contributed by atoms with Gasteiger partial charge in [0.1, 0.15) is 5.69 Å². The van der Waals surface area contributed by atoms with Gasteiger partial charge in [0.05, 0.1) is 12.4 Å². The van der Waals surface area contributed by atoms with Gasteiger partial charge in [-0.25, -0.2) is 4.98 Å². The number of hydrogen-bond donors (Lipinski definition) is 2. The van der Waals surface area contributed by atoms with Crippen LogP contribution < -0.4 is 5.32 Å². The highest BCUT2D eigenvalue weighted by molar-refractivity contribution is 5.99. The predicted octanol–water partition coefficient (Wildman–Crippen LogP) is 4.46. The minimum absolute atomic E-state index is 0.0939. The number of amides is 1. The standard InChI is InChI=1S/C22H22N4O/c1-14-10-15(2)19-12-21(25-20(19)11-14)22(27)24-16(3)17-4-6-18(7-5-17)26-9-8-23-13-26/h4-13,16,25H,1-3H3,(H,24,27). The van der Waals surface area contributed by atoms with Crippen LogP contribution in [0.2, 0.25) is 0 Å². The molecule has 0 aliphatic rings. The van der Waals surface area contributed by atoms with E-state index in [2.05, 4.69) is 41.3 Å². The molecule has 0 fully saturated rings. The third-order valence-corrected chi connectivity index (χ3v) is 4.88. The predicted molar refractivity (Wildman–Crippen MR) is 107 cm³/mol. The van der Waals surface area contributed by atoms with Gasteiger partial charge in [0, 0.05) is 29.0 Å². The third-order valence-electron chi connectivity index (χ3n) is 4.88. The van der Waals surface area contributed by atoms with Crippen molar-refractivity contribution >= 4 is 16.8 Å². The van der Waals surface area contributed by atoms with E-state index in [-0.39, 0.29) is 11.9 Å². The highest BCUT2D eigenvalue weighted by atomic mass is 16.1. The van der Waals surface area contributed by atoms with E-state index < -0.39 is 0 Å². The van der Waals surface area contributed by atoms with E-state index in [0.29, 0.717) is 5.69 Å². The minimum atomic E-state index is -0.102. The van der Waals surface area contributed by atoms with Crippen molar-refractivity contribution in [3.8, 4) is 5.69 Å². The molecule has 0 saturated heterocycles. The fraction of sp³-hybridized carbons (Fsp3) is 0.182. The van der Waals surface area contributed by atoms with Crippen molar-refractivity contribution in [3.63, 3.8) is 0 Å². The van der Waals surface area contributed by atoms with E-state index in [1.54, 1.807) is 12.5 Å². The Labute approximate surface area is 158 Å². The number of nitrogens with one attached hydrogen (secondary N) is 2. The molecular formula is C22H22N4O. The van der Waals surface area contributed by atoms with Crippen LogP contribution in [0.15, 0.2) is 61.2 Å². The van der Waals surface area contributed by atoms with Crippen LogP contribution in [0.4, 0.5) is 0 Å². The second-order valence-electron chi connectivity index (χ2n) is 6.98. The summed E-state index contributed by atoms with van der Waals surface area (Å²) in [7, 11) is 0.